The molecule has 3 nitrogen and oxygen atoms in total. The number of hydrogen-bond acceptors (Lipinski definition) is 2. The first kappa shape index (κ1) is 11.4. The second-order valence-electron chi connectivity index (χ2n) is 0.862. The number of hydrogen-bond donors (Lipinski definition) is 1. The normalized spacial score (nSPS) is 7.12. The molecule has 0 radical (unpaired) electrons. The van der Waals surface area contributed by atoms with Gasteiger partial charge in [0, 0.05) is 0 Å². The van der Waals surface area contributed by atoms with Crippen molar-refractivity contribution in [3.63, 3.8) is 0 Å². The van der Waals surface area contributed by atoms with E-state index in [4.69, 9.17) is 5.11 Å². The first-order valence-corrected chi connectivity index (χ1v) is 2.62. The molecule has 0 aliphatic carbocycles. The molecule has 0 aliphatic rings. The number of halogens is 1. The van der Waals surface area contributed by atoms with Crippen molar-refractivity contribution in [1.82, 2.24) is 0 Å². The summed E-state index contributed by atoms with van der Waals surface area (Å²) >= 11 is 2.68. The standard InChI is InChI=1S/C3H3BrO3.Na.H/c4-1-2(5)3(6)7;;/h1H2,(H,6,7);;/q;+1;-1. The average Bonchev–Trinajstić information content (AvgIpc) is 1.65. The summed E-state index contributed by atoms with van der Waals surface area (Å²) in [6.07, 6.45) is 0. The number of aliphatic carboxylic acids is 1. The van der Waals surface area contributed by atoms with Gasteiger partial charge in [-0.3, -0.25) is 4.79 Å². The average molecular weight is 191 g/mol. The Hall–Kier alpha value is 0.620. The molecule has 0 rings (SSSR count). The molecule has 0 aromatic heterocycles. The van der Waals surface area contributed by atoms with E-state index in [0.29, 0.717) is 0 Å². The van der Waals surface area contributed by atoms with Crippen LogP contribution in [0.5, 0.6) is 0 Å². The van der Waals surface area contributed by atoms with Gasteiger partial charge in [-0.2, -0.15) is 0 Å². The second-order valence-corrected chi connectivity index (χ2v) is 1.42. The molecule has 1 N–H and O–H groups in total. The summed E-state index contributed by atoms with van der Waals surface area (Å²) in [4.78, 5) is 19.4. The fraction of sp³-hybridized carbons (Fsp3) is 0.333. The molecule has 0 aromatic carbocycles. The van der Waals surface area contributed by atoms with E-state index in [1.807, 2.05) is 0 Å². The van der Waals surface area contributed by atoms with Crippen LogP contribution in [0.4, 0.5) is 0 Å². The van der Waals surface area contributed by atoms with E-state index < -0.39 is 11.8 Å². The Balaban J connectivity index is -0.000000180. The molecule has 0 unspecified atom stereocenters. The SMILES string of the molecule is O=C(O)C(=O)CBr.[H-].[Na+]. The molecule has 0 saturated carbocycles. The summed E-state index contributed by atoms with van der Waals surface area (Å²) in [6, 6.07) is 0. The zero-order valence-corrected chi connectivity index (χ0v) is 7.93. The number of carbonyl (C=O) groups is 2. The minimum atomic E-state index is -1.39. The van der Waals surface area contributed by atoms with Crippen molar-refractivity contribution in [3.05, 3.63) is 0 Å². The predicted molar refractivity (Wildman–Crippen MR) is 27.5 cm³/mol. The minimum Gasteiger partial charge on any atom is -1.00 e. The largest absolute Gasteiger partial charge is 1.00 e. The van der Waals surface area contributed by atoms with E-state index in [1.165, 1.54) is 0 Å². The summed E-state index contributed by atoms with van der Waals surface area (Å²) in [5.74, 6) is -2.21. The van der Waals surface area contributed by atoms with Gasteiger partial charge >= 0.3 is 35.5 Å². The van der Waals surface area contributed by atoms with E-state index >= 15 is 0 Å². The van der Waals surface area contributed by atoms with Gasteiger partial charge in [-0.1, -0.05) is 15.9 Å². The maximum absolute atomic E-state index is 9.87. The Labute approximate surface area is 78.4 Å². The second kappa shape index (κ2) is 5.75. The number of ketones is 1. The van der Waals surface area contributed by atoms with Crippen LogP contribution in [0.25, 0.3) is 0 Å². The van der Waals surface area contributed by atoms with E-state index in [1.54, 1.807) is 0 Å². The molecule has 8 heavy (non-hydrogen) atoms. The summed E-state index contributed by atoms with van der Waals surface area (Å²) in [7, 11) is 0. The monoisotopic (exact) mass is 190 g/mol. The van der Waals surface area contributed by atoms with Crippen LogP contribution in [-0.2, 0) is 9.59 Å². The Bertz CT molecular complexity index is 107. The number of Topliss-reactive ketones (excluding diaryl/α,β-unsaturated/α-hetero) is 1. The van der Waals surface area contributed by atoms with Gasteiger partial charge in [0.25, 0.3) is 0 Å². The van der Waals surface area contributed by atoms with Crippen LogP contribution >= 0.6 is 15.9 Å². The van der Waals surface area contributed by atoms with Crippen LogP contribution in [0.15, 0.2) is 0 Å². The Morgan fingerprint density at radius 3 is 2.00 bits per heavy atom. The first-order valence-electron chi connectivity index (χ1n) is 1.50. The molecule has 0 fully saturated rings. The zero-order valence-electron chi connectivity index (χ0n) is 5.35. The van der Waals surface area contributed by atoms with Gasteiger partial charge in [-0.15, -0.1) is 0 Å². The third kappa shape index (κ3) is 4.77. The van der Waals surface area contributed by atoms with Gasteiger partial charge in [-0.05, 0) is 0 Å². The van der Waals surface area contributed by atoms with Crippen molar-refractivity contribution >= 4 is 27.7 Å². The van der Waals surface area contributed by atoms with Crippen molar-refractivity contribution in [2.24, 2.45) is 0 Å². The first-order chi connectivity index (χ1) is 3.18. The molecular formula is C3H4BrNaO3. The van der Waals surface area contributed by atoms with Gasteiger partial charge in [0.1, 0.15) is 0 Å². The quantitative estimate of drug-likeness (QED) is 0.290. The summed E-state index contributed by atoms with van der Waals surface area (Å²) in [5.41, 5.74) is 0. The molecule has 0 atom stereocenters. The smallest absolute Gasteiger partial charge is 1.00 e. The molecule has 0 aromatic rings. The third-order valence-corrected chi connectivity index (χ3v) is 0.869. The van der Waals surface area contributed by atoms with E-state index in [0.717, 1.165) is 0 Å². The topological polar surface area (TPSA) is 54.4 Å². The number of alkyl halides is 1. The minimum absolute atomic E-state index is 0. The summed E-state index contributed by atoms with van der Waals surface area (Å²) in [5, 5.41) is 7.69. The van der Waals surface area contributed by atoms with Gasteiger partial charge in [-0.25, -0.2) is 4.79 Å². The third-order valence-electron chi connectivity index (χ3n) is 0.360. The fourth-order valence-corrected chi connectivity index (χ4v) is 0.297. The predicted octanol–water partition coefficient (Wildman–Crippen LogP) is -2.85. The zero-order chi connectivity index (χ0) is 5.86. The van der Waals surface area contributed by atoms with E-state index in [-0.39, 0.29) is 36.3 Å². The Kier molecular flexibility index (Phi) is 8.21. The van der Waals surface area contributed by atoms with Crippen molar-refractivity contribution in [2.45, 2.75) is 0 Å². The van der Waals surface area contributed by atoms with Gasteiger partial charge in [0.15, 0.2) is 0 Å². The van der Waals surface area contributed by atoms with Gasteiger partial charge in [0.2, 0.25) is 5.78 Å². The Morgan fingerprint density at radius 2 is 2.00 bits per heavy atom. The molecule has 0 bridgehead atoms. The van der Waals surface area contributed by atoms with Crippen molar-refractivity contribution in [3.8, 4) is 0 Å². The van der Waals surface area contributed by atoms with Crippen molar-refractivity contribution in [2.75, 3.05) is 5.33 Å². The van der Waals surface area contributed by atoms with E-state index in [9.17, 15) is 9.59 Å². The van der Waals surface area contributed by atoms with Crippen LogP contribution in [0, 0.1) is 0 Å². The number of rotatable bonds is 2. The van der Waals surface area contributed by atoms with Gasteiger partial charge < -0.3 is 6.53 Å². The molecule has 0 heterocycles. The van der Waals surface area contributed by atoms with Crippen LogP contribution in [0.1, 0.15) is 1.43 Å². The number of carbonyl (C=O) groups excluding carboxylic acids is 1. The van der Waals surface area contributed by atoms with Crippen LogP contribution in [0.3, 0.4) is 0 Å². The molecule has 0 amide bonds. The molecule has 5 heteroatoms. The molecular weight excluding hydrogens is 187 g/mol. The summed E-state index contributed by atoms with van der Waals surface area (Å²) in [6.45, 7) is 0. The molecule has 0 spiro atoms. The maximum Gasteiger partial charge on any atom is 1.00 e. The molecule has 42 valence electrons. The summed E-state index contributed by atoms with van der Waals surface area (Å²) < 4.78 is 0. The van der Waals surface area contributed by atoms with Crippen LogP contribution in [0.2, 0.25) is 0 Å². The fourth-order valence-electron chi connectivity index (χ4n) is 0.0572. The van der Waals surface area contributed by atoms with Crippen LogP contribution in [-0.4, -0.2) is 22.2 Å². The van der Waals surface area contributed by atoms with Crippen LogP contribution < -0.4 is 29.6 Å². The number of carboxylic acids is 1. The van der Waals surface area contributed by atoms with Crippen molar-refractivity contribution in [1.29, 1.82) is 0 Å². The Morgan fingerprint density at radius 1 is 1.62 bits per heavy atom. The molecule has 0 aliphatic heterocycles. The maximum atomic E-state index is 9.87. The van der Waals surface area contributed by atoms with Gasteiger partial charge in [0.05, 0.1) is 5.33 Å². The van der Waals surface area contributed by atoms with Crippen molar-refractivity contribution < 1.29 is 45.7 Å². The number of carboxylic acid groups (broad SMARTS) is 1. The molecule has 0 saturated heterocycles. The van der Waals surface area contributed by atoms with E-state index in [2.05, 4.69) is 15.9 Å².